The van der Waals surface area contributed by atoms with E-state index in [1.54, 1.807) is 38.4 Å². The summed E-state index contributed by atoms with van der Waals surface area (Å²) in [6.45, 7) is 5.44. The Balaban J connectivity index is 2.49. The molecule has 23 heavy (non-hydrogen) atoms. The van der Waals surface area contributed by atoms with E-state index in [1.807, 2.05) is 20.8 Å². The van der Waals surface area contributed by atoms with Gasteiger partial charge in [0.15, 0.2) is 6.61 Å². The number of anilines is 1. The average molecular weight is 320 g/mol. The molecule has 2 amide bonds. The van der Waals surface area contributed by atoms with Gasteiger partial charge in [0.25, 0.3) is 11.8 Å². The Morgan fingerprint density at radius 2 is 1.65 bits per heavy atom. The van der Waals surface area contributed by atoms with Gasteiger partial charge in [0, 0.05) is 25.3 Å². The SMILES string of the molecule is CN(C)C(=O)c1ccc(NC(=O)COC(=O)CC(C)(C)C)cc1. The van der Waals surface area contributed by atoms with Crippen LogP contribution in [0.15, 0.2) is 24.3 Å². The number of rotatable bonds is 5. The maximum Gasteiger partial charge on any atom is 0.306 e. The molecule has 0 heterocycles. The van der Waals surface area contributed by atoms with Crippen LogP contribution in [0, 0.1) is 5.41 Å². The predicted molar refractivity (Wildman–Crippen MR) is 88.1 cm³/mol. The van der Waals surface area contributed by atoms with E-state index in [4.69, 9.17) is 4.74 Å². The first-order valence-corrected chi connectivity index (χ1v) is 7.36. The Labute approximate surface area is 136 Å². The van der Waals surface area contributed by atoms with Crippen LogP contribution in [0.4, 0.5) is 5.69 Å². The van der Waals surface area contributed by atoms with Crippen molar-refractivity contribution in [3.63, 3.8) is 0 Å². The third kappa shape index (κ3) is 6.95. The molecule has 0 aliphatic rings. The van der Waals surface area contributed by atoms with Crippen LogP contribution in [0.25, 0.3) is 0 Å². The first-order chi connectivity index (χ1) is 10.6. The third-order valence-corrected chi connectivity index (χ3v) is 2.86. The number of benzene rings is 1. The fourth-order valence-electron chi connectivity index (χ4n) is 1.78. The van der Waals surface area contributed by atoms with Gasteiger partial charge < -0.3 is 15.0 Å². The lowest BCUT2D eigenvalue weighted by Crippen LogP contribution is -2.23. The summed E-state index contributed by atoms with van der Waals surface area (Å²) in [7, 11) is 3.34. The molecular weight excluding hydrogens is 296 g/mol. The number of amides is 2. The van der Waals surface area contributed by atoms with E-state index in [9.17, 15) is 14.4 Å². The first-order valence-electron chi connectivity index (χ1n) is 7.36. The Hall–Kier alpha value is -2.37. The first kappa shape index (κ1) is 18.7. The van der Waals surface area contributed by atoms with Crippen molar-refractivity contribution in [1.82, 2.24) is 4.90 Å². The normalized spacial score (nSPS) is 10.8. The van der Waals surface area contributed by atoms with Gasteiger partial charge in [-0.05, 0) is 29.7 Å². The molecule has 1 aromatic carbocycles. The molecule has 0 fully saturated rings. The van der Waals surface area contributed by atoms with Crippen LogP contribution in [0.1, 0.15) is 37.6 Å². The lowest BCUT2D eigenvalue weighted by molar-refractivity contribution is -0.149. The van der Waals surface area contributed by atoms with Crippen molar-refractivity contribution in [1.29, 1.82) is 0 Å². The molecule has 1 aromatic rings. The van der Waals surface area contributed by atoms with Crippen molar-refractivity contribution in [3.8, 4) is 0 Å². The molecule has 126 valence electrons. The largest absolute Gasteiger partial charge is 0.456 e. The topological polar surface area (TPSA) is 75.7 Å². The summed E-state index contributed by atoms with van der Waals surface area (Å²) in [5.74, 6) is -0.933. The van der Waals surface area contributed by atoms with Gasteiger partial charge in [0.05, 0.1) is 6.42 Å². The Bertz CT molecular complexity index is 571. The van der Waals surface area contributed by atoms with Crippen molar-refractivity contribution in [2.24, 2.45) is 5.41 Å². The molecule has 0 aliphatic carbocycles. The quantitative estimate of drug-likeness (QED) is 0.845. The minimum absolute atomic E-state index is 0.112. The lowest BCUT2D eigenvalue weighted by atomic mass is 9.92. The Morgan fingerprint density at radius 3 is 2.13 bits per heavy atom. The zero-order valence-electron chi connectivity index (χ0n) is 14.3. The molecule has 0 unspecified atom stereocenters. The maximum atomic E-state index is 11.8. The Kier molecular flexibility index (Phi) is 6.30. The van der Waals surface area contributed by atoms with E-state index in [2.05, 4.69) is 5.32 Å². The highest BCUT2D eigenvalue weighted by molar-refractivity contribution is 5.96. The summed E-state index contributed by atoms with van der Waals surface area (Å²) < 4.78 is 4.93. The number of nitrogens with one attached hydrogen (secondary N) is 1. The molecule has 0 spiro atoms. The summed E-state index contributed by atoms with van der Waals surface area (Å²) in [4.78, 5) is 36.5. The molecule has 0 saturated heterocycles. The lowest BCUT2D eigenvalue weighted by Gasteiger charge is -2.16. The van der Waals surface area contributed by atoms with Crippen molar-refractivity contribution in [2.75, 3.05) is 26.0 Å². The van der Waals surface area contributed by atoms with Crippen molar-refractivity contribution in [3.05, 3.63) is 29.8 Å². The molecule has 0 aromatic heterocycles. The second kappa shape index (κ2) is 7.76. The van der Waals surface area contributed by atoms with E-state index in [0.717, 1.165) is 0 Å². The van der Waals surface area contributed by atoms with Gasteiger partial charge in [-0.25, -0.2) is 0 Å². The molecule has 0 saturated carbocycles. The fraction of sp³-hybridized carbons (Fsp3) is 0.471. The highest BCUT2D eigenvalue weighted by atomic mass is 16.5. The number of nitrogens with zero attached hydrogens (tertiary/aromatic N) is 1. The van der Waals surface area contributed by atoms with Crippen LogP contribution in [0.5, 0.6) is 0 Å². The molecular formula is C17H24N2O4. The molecule has 6 nitrogen and oxygen atoms in total. The summed E-state index contributed by atoms with van der Waals surface area (Å²) in [6, 6.07) is 6.52. The van der Waals surface area contributed by atoms with Crippen LogP contribution >= 0.6 is 0 Å². The number of carbonyl (C=O) groups excluding carboxylic acids is 3. The summed E-state index contributed by atoms with van der Waals surface area (Å²) in [5, 5.41) is 2.61. The summed E-state index contributed by atoms with van der Waals surface area (Å²) >= 11 is 0. The van der Waals surface area contributed by atoms with Gasteiger partial charge in [0.2, 0.25) is 0 Å². The molecule has 0 bridgehead atoms. The van der Waals surface area contributed by atoms with E-state index in [0.29, 0.717) is 11.3 Å². The number of ether oxygens (including phenoxy) is 1. The minimum atomic E-state index is -0.418. The highest BCUT2D eigenvalue weighted by Crippen LogP contribution is 2.18. The number of hydrogen-bond donors (Lipinski definition) is 1. The molecule has 0 radical (unpaired) electrons. The van der Waals surface area contributed by atoms with Gasteiger partial charge >= 0.3 is 5.97 Å². The predicted octanol–water partition coefficient (Wildman–Crippen LogP) is 2.31. The monoisotopic (exact) mass is 320 g/mol. The van der Waals surface area contributed by atoms with Gasteiger partial charge in [-0.1, -0.05) is 20.8 Å². The number of carbonyl (C=O) groups is 3. The number of hydrogen-bond acceptors (Lipinski definition) is 4. The van der Waals surface area contributed by atoms with Gasteiger partial charge in [-0.15, -0.1) is 0 Å². The second-order valence-electron chi connectivity index (χ2n) is 6.72. The zero-order valence-corrected chi connectivity index (χ0v) is 14.3. The average Bonchev–Trinajstić information content (AvgIpc) is 2.43. The van der Waals surface area contributed by atoms with E-state index in [-0.39, 0.29) is 24.3 Å². The van der Waals surface area contributed by atoms with Crippen LogP contribution in [0.3, 0.4) is 0 Å². The maximum absolute atomic E-state index is 11.8. The smallest absolute Gasteiger partial charge is 0.306 e. The van der Waals surface area contributed by atoms with Crippen molar-refractivity contribution in [2.45, 2.75) is 27.2 Å². The summed E-state index contributed by atoms with van der Waals surface area (Å²) in [6.07, 6.45) is 0.252. The molecule has 0 aliphatic heterocycles. The fourth-order valence-corrected chi connectivity index (χ4v) is 1.78. The van der Waals surface area contributed by atoms with Crippen molar-refractivity contribution < 1.29 is 19.1 Å². The van der Waals surface area contributed by atoms with Gasteiger partial charge in [-0.2, -0.15) is 0 Å². The van der Waals surface area contributed by atoms with E-state index >= 15 is 0 Å². The molecule has 1 N–H and O–H groups in total. The van der Waals surface area contributed by atoms with Crippen LogP contribution in [0.2, 0.25) is 0 Å². The Morgan fingerprint density at radius 1 is 1.09 bits per heavy atom. The number of esters is 1. The van der Waals surface area contributed by atoms with Crippen LogP contribution in [-0.4, -0.2) is 43.4 Å². The van der Waals surface area contributed by atoms with Crippen LogP contribution in [-0.2, 0) is 14.3 Å². The standard InChI is InChI=1S/C17H24N2O4/c1-17(2,3)10-15(21)23-11-14(20)18-13-8-6-12(7-9-13)16(22)19(4)5/h6-9H,10-11H2,1-5H3,(H,18,20). The zero-order chi connectivity index (χ0) is 17.6. The van der Waals surface area contributed by atoms with E-state index in [1.165, 1.54) is 4.90 Å². The molecule has 6 heteroatoms. The molecule has 1 rings (SSSR count). The van der Waals surface area contributed by atoms with Gasteiger partial charge in [-0.3, -0.25) is 14.4 Å². The van der Waals surface area contributed by atoms with Crippen LogP contribution < -0.4 is 5.32 Å². The van der Waals surface area contributed by atoms with Crippen molar-refractivity contribution >= 4 is 23.5 Å². The molecule has 0 atom stereocenters. The second-order valence-corrected chi connectivity index (χ2v) is 6.72. The van der Waals surface area contributed by atoms with Gasteiger partial charge in [0.1, 0.15) is 0 Å². The van der Waals surface area contributed by atoms with E-state index < -0.39 is 11.9 Å². The minimum Gasteiger partial charge on any atom is -0.456 e. The highest BCUT2D eigenvalue weighted by Gasteiger charge is 2.18. The summed E-state index contributed by atoms with van der Waals surface area (Å²) in [5.41, 5.74) is 0.893. The third-order valence-electron chi connectivity index (χ3n) is 2.86.